The van der Waals surface area contributed by atoms with Crippen LogP contribution in [0, 0.1) is 12.7 Å². The Balaban J connectivity index is 2.25. The highest BCUT2D eigenvalue weighted by Gasteiger charge is 2.14. The van der Waals surface area contributed by atoms with Crippen molar-refractivity contribution >= 4 is 31.9 Å². The Morgan fingerprint density at radius 1 is 1.21 bits per heavy atom. The van der Waals surface area contributed by atoms with E-state index in [-0.39, 0.29) is 5.82 Å². The van der Waals surface area contributed by atoms with Crippen molar-refractivity contribution in [3.05, 3.63) is 67.9 Å². The second kappa shape index (κ2) is 6.16. The number of aliphatic hydroxyl groups is 1. The predicted octanol–water partition coefficient (Wildman–Crippen LogP) is 4.94. The van der Waals surface area contributed by atoms with Crippen LogP contribution in [-0.2, 0) is 6.42 Å². The van der Waals surface area contributed by atoms with E-state index in [1.165, 1.54) is 12.1 Å². The van der Waals surface area contributed by atoms with Crippen LogP contribution in [-0.4, -0.2) is 5.11 Å². The summed E-state index contributed by atoms with van der Waals surface area (Å²) in [6.45, 7) is 1.97. The summed E-state index contributed by atoms with van der Waals surface area (Å²) in [6.07, 6.45) is -0.290. The molecule has 0 fully saturated rings. The standard InChI is InChI=1S/C15H13Br2FO/c1-9-3-2-4-13(15(9)17)14(19)7-10-5-11(16)8-12(18)6-10/h2-6,8,14,19H,7H2,1H3. The number of halogens is 3. The lowest BCUT2D eigenvalue weighted by Crippen LogP contribution is -2.04. The van der Waals surface area contributed by atoms with Gasteiger partial charge in [-0.25, -0.2) is 4.39 Å². The molecule has 0 aliphatic heterocycles. The maximum atomic E-state index is 13.3. The second-order valence-electron chi connectivity index (χ2n) is 4.48. The first-order valence-electron chi connectivity index (χ1n) is 5.85. The molecule has 100 valence electrons. The van der Waals surface area contributed by atoms with Crippen molar-refractivity contribution in [3.8, 4) is 0 Å². The number of hydrogen-bond donors (Lipinski definition) is 1. The van der Waals surface area contributed by atoms with Gasteiger partial charge in [0.2, 0.25) is 0 Å². The fraction of sp³-hybridized carbons (Fsp3) is 0.200. The molecular weight excluding hydrogens is 375 g/mol. The normalized spacial score (nSPS) is 12.5. The van der Waals surface area contributed by atoms with Gasteiger partial charge in [0.05, 0.1) is 6.10 Å². The van der Waals surface area contributed by atoms with E-state index in [4.69, 9.17) is 0 Å². The van der Waals surface area contributed by atoms with Gasteiger partial charge in [-0.05, 0) is 41.8 Å². The summed E-state index contributed by atoms with van der Waals surface area (Å²) in [4.78, 5) is 0. The van der Waals surface area contributed by atoms with Crippen LogP contribution in [0.25, 0.3) is 0 Å². The molecule has 1 unspecified atom stereocenters. The molecule has 0 spiro atoms. The Hall–Kier alpha value is -0.710. The molecule has 0 amide bonds. The minimum atomic E-state index is -0.664. The largest absolute Gasteiger partial charge is 0.388 e. The van der Waals surface area contributed by atoms with E-state index in [0.29, 0.717) is 10.9 Å². The molecule has 2 aromatic rings. The fourth-order valence-electron chi connectivity index (χ4n) is 1.99. The smallest absolute Gasteiger partial charge is 0.124 e. The van der Waals surface area contributed by atoms with Crippen LogP contribution in [0.4, 0.5) is 4.39 Å². The number of aryl methyl sites for hydroxylation is 1. The van der Waals surface area contributed by atoms with Gasteiger partial charge in [-0.3, -0.25) is 0 Å². The molecule has 0 saturated carbocycles. The third-order valence-electron chi connectivity index (χ3n) is 2.93. The molecule has 0 radical (unpaired) electrons. The van der Waals surface area contributed by atoms with Crippen molar-refractivity contribution < 1.29 is 9.50 Å². The molecule has 2 rings (SSSR count). The highest BCUT2D eigenvalue weighted by molar-refractivity contribution is 9.10. The van der Waals surface area contributed by atoms with Gasteiger partial charge >= 0.3 is 0 Å². The Kier molecular flexibility index (Phi) is 4.76. The van der Waals surface area contributed by atoms with Crippen LogP contribution in [0.3, 0.4) is 0 Å². The molecule has 2 aromatic carbocycles. The van der Waals surface area contributed by atoms with Crippen molar-refractivity contribution in [2.75, 3.05) is 0 Å². The summed E-state index contributed by atoms with van der Waals surface area (Å²) >= 11 is 6.73. The molecule has 1 N–H and O–H groups in total. The molecule has 0 aliphatic carbocycles. The van der Waals surface area contributed by atoms with Crippen molar-refractivity contribution in [1.29, 1.82) is 0 Å². The van der Waals surface area contributed by atoms with Gasteiger partial charge in [-0.1, -0.05) is 50.1 Å². The molecule has 4 heteroatoms. The van der Waals surface area contributed by atoms with E-state index >= 15 is 0 Å². The minimum Gasteiger partial charge on any atom is -0.388 e. The first-order valence-corrected chi connectivity index (χ1v) is 7.44. The first kappa shape index (κ1) is 14.7. The number of aliphatic hydroxyl groups excluding tert-OH is 1. The summed E-state index contributed by atoms with van der Waals surface area (Å²) in [7, 11) is 0. The van der Waals surface area contributed by atoms with Crippen LogP contribution < -0.4 is 0 Å². The number of hydrogen-bond acceptors (Lipinski definition) is 1. The van der Waals surface area contributed by atoms with E-state index < -0.39 is 6.10 Å². The molecule has 1 atom stereocenters. The monoisotopic (exact) mass is 386 g/mol. The van der Waals surface area contributed by atoms with Crippen molar-refractivity contribution in [2.45, 2.75) is 19.4 Å². The summed E-state index contributed by atoms with van der Waals surface area (Å²) in [5, 5.41) is 10.3. The minimum absolute atomic E-state index is 0.306. The van der Waals surface area contributed by atoms with Crippen molar-refractivity contribution in [1.82, 2.24) is 0 Å². The number of rotatable bonds is 3. The Morgan fingerprint density at radius 2 is 1.95 bits per heavy atom. The first-order chi connectivity index (χ1) is 8.97. The quantitative estimate of drug-likeness (QED) is 0.791. The fourth-order valence-corrected chi connectivity index (χ4v) is 3.03. The molecule has 0 bridgehead atoms. The molecular formula is C15H13Br2FO. The lowest BCUT2D eigenvalue weighted by Gasteiger charge is -2.14. The SMILES string of the molecule is Cc1cccc(C(O)Cc2cc(F)cc(Br)c2)c1Br. The van der Waals surface area contributed by atoms with Gasteiger partial charge < -0.3 is 5.11 Å². The third-order valence-corrected chi connectivity index (χ3v) is 4.47. The predicted molar refractivity (Wildman–Crippen MR) is 81.6 cm³/mol. The molecule has 19 heavy (non-hydrogen) atoms. The highest BCUT2D eigenvalue weighted by Crippen LogP contribution is 2.29. The van der Waals surface area contributed by atoms with Gasteiger partial charge in [-0.2, -0.15) is 0 Å². The summed E-state index contributed by atoms with van der Waals surface area (Å²) in [5.74, 6) is -0.306. The van der Waals surface area contributed by atoms with Crippen LogP contribution in [0.5, 0.6) is 0 Å². The van der Waals surface area contributed by atoms with Gasteiger partial charge in [-0.15, -0.1) is 0 Å². The van der Waals surface area contributed by atoms with E-state index in [9.17, 15) is 9.50 Å². The molecule has 0 aliphatic rings. The van der Waals surface area contributed by atoms with E-state index in [1.807, 2.05) is 31.2 Å². The van der Waals surface area contributed by atoms with Crippen molar-refractivity contribution in [2.24, 2.45) is 0 Å². The average Bonchev–Trinajstić information content (AvgIpc) is 2.31. The summed E-state index contributed by atoms with van der Waals surface area (Å²) in [6, 6.07) is 10.4. The molecule has 0 heterocycles. The molecule has 0 aromatic heterocycles. The van der Waals surface area contributed by atoms with Gasteiger partial charge in [0.15, 0.2) is 0 Å². The van der Waals surface area contributed by atoms with E-state index in [1.54, 1.807) is 0 Å². The van der Waals surface area contributed by atoms with Crippen LogP contribution in [0.15, 0.2) is 45.3 Å². The Labute approximate surface area is 128 Å². The Morgan fingerprint density at radius 3 is 2.63 bits per heavy atom. The van der Waals surface area contributed by atoms with Gasteiger partial charge in [0.1, 0.15) is 5.82 Å². The topological polar surface area (TPSA) is 20.2 Å². The maximum Gasteiger partial charge on any atom is 0.124 e. The zero-order valence-corrected chi connectivity index (χ0v) is 13.5. The van der Waals surface area contributed by atoms with Crippen LogP contribution in [0.2, 0.25) is 0 Å². The van der Waals surface area contributed by atoms with Crippen LogP contribution >= 0.6 is 31.9 Å². The van der Waals surface area contributed by atoms with Gasteiger partial charge in [0.25, 0.3) is 0 Å². The average molecular weight is 388 g/mol. The third kappa shape index (κ3) is 3.65. The zero-order chi connectivity index (χ0) is 14.0. The summed E-state index contributed by atoms with van der Waals surface area (Å²) in [5.41, 5.74) is 2.64. The lowest BCUT2D eigenvalue weighted by molar-refractivity contribution is 0.177. The van der Waals surface area contributed by atoms with Crippen LogP contribution in [0.1, 0.15) is 22.8 Å². The molecule has 1 nitrogen and oxygen atoms in total. The number of benzene rings is 2. The van der Waals surface area contributed by atoms with Gasteiger partial charge in [0, 0.05) is 15.4 Å². The Bertz CT molecular complexity index is 578. The maximum absolute atomic E-state index is 13.3. The summed E-state index contributed by atoms with van der Waals surface area (Å²) < 4.78 is 14.9. The van der Waals surface area contributed by atoms with E-state index in [2.05, 4.69) is 31.9 Å². The van der Waals surface area contributed by atoms with E-state index in [0.717, 1.165) is 21.2 Å². The highest BCUT2D eigenvalue weighted by atomic mass is 79.9. The lowest BCUT2D eigenvalue weighted by atomic mass is 10.00. The molecule has 0 saturated heterocycles. The zero-order valence-electron chi connectivity index (χ0n) is 10.3. The van der Waals surface area contributed by atoms with Crippen molar-refractivity contribution in [3.63, 3.8) is 0 Å². The second-order valence-corrected chi connectivity index (χ2v) is 6.18.